The summed E-state index contributed by atoms with van der Waals surface area (Å²) >= 11 is 0. The van der Waals surface area contributed by atoms with Crippen molar-refractivity contribution in [3.05, 3.63) is 59.4 Å². The normalized spacial score (nSPS) is 12.0. The van der Waals surface area contributed by atoms with Gasteiger partial charge in [-0.15, -0.1) is 0 Å². The molecule has 0 aliphatic heterocycles. The summed E-state index contributed by atoms with van der Waals surface area (Å²) < 4.78 is 10.9. The van der Waals surface area contributed by atoms with Gasteiger partial charge in [0.15, 0.2) is 17.3 Å². The molecular weight excluding hydrogens is 316 g/mol. The number of rotatable bonds is 6. The number of hydrogen-bond donors (Lipinski definition) is 2. The Morgan fingerprint density at radius 2 is 1.96 bits per heavy atom. The molecule has 25 heavy (non-hydrogen) atoms. The average molecular weight is 338 g/mol. The van der Waals surface area contributed by atoms with Crippen molar-refractivity contribution in [2.24, 2.45) is 5.73 Å². The molecule has 0 radical (unpaired) electrons. The molecule has 0 unspecified atom stereocenters. The van der Waals surface area contributed by atoms with Crippen LogP contribution >= 0.6 is 0 Å². The number of aromatic amines is 1. The highest BCUT2D eigenvalue weighted by atomic mass is 16.5. The summed E-state index contributed by atoms with van der Waals surface area (Å²) in [7, 11) is 1.61. The van der Waals surface area contributed by atoms with E-state index in [0.717, 1.165) is 16.7 Å². The Bertz CT molecular complexity index is 860. The van der Waals surface area contributed by atoms with E-state index in [9.17, 15) is 0 Å². The van der Waals surface area contributed by atoms with E-state index in [4.69, 9.17) is 15.2 Å². The van der Waals surface area contributed by atoms with Crippen molar-refractivity contribution >= 4 is 0 Å². The second-order valence-electron chi connectivity index (χ2n) is 5.68. The Kier molecular flexibility index (Phi) is 5.00. The van der Waals surface area contributed by atoms with Gasteiger partial charge in [-0.2, -0.15) is 5.10 Å². The summed E-state index contributed by atoms with van der Waals surface area (Å²) in [5.41, 5.74) is 9.35. The summed E-state index contributed by atoms with van der Waals surface area (Å²) in [6.07, 6.45) is 0. The minimum absolute atomic E-state index is 0.435. The molecule has 0 saturated carbocycles. The van der Waals surface area contributed by atoms with E-state index >= 15 is 0 Å². The minimum atomic E-state index is -0.435. The molecule has 6 heteroatoms. The molecule has 6 nitrogen and oxygen atoms in total. The number of aromatic nitrogens is 3. The highest BCUT2D eigenvalue weighted by molar-refractivity contribution is 5.59. The number of hydrogen-bond acceptors (Lipinski definition) is 5. The molecule has 3 N–H and O–H groups in total. The van der Waals surface area contributed by atoms with Gasteiger partial charge in [0.05, 0.1) is 19.8 Å². The van der Waals surface area contributed by atoms with Crippen molar-refractivity contribution in [2.75, 3.05) is 13.7 Å². The standard InChI is InChI=1S/C19H22N4O2/c1-4-25-16-11-13(9-10-15(16)24-3)17(20)19-21-18(22-23-19)14-8-6-5-7-12(14)2/h5-11,17H,4,20H2,1-3H3,(H,21,22,23)/t17-/m1/s1. The minimum Gasteiger partial charge on any atom is -0.493 e. The molecule has 130 valence electrons. The van der Waals surface area contributed by atoms with Crippen LogP contribution in [-0.4, -0.2) is 28.9 Å². The molecular formula is C19H22N4O2. The first-order chi connectivity index (χ1) is 12.1. The summed E-state index contributed by atoms with van der Waals surface area (Å²) in [5, 5.41) is 7.27. The van der Waals surface area contributed by atoms with Gasteiger partial charge in [-0.25, -0.2) is 4.98 Å². The van der Waals surface area contributed by atoms with E-state index in [1.54, 1.807) is 7.11 Å². The van der Waals surface area contributed by atoms with Crippen LogP contribution in [0.3, 0.4) is 0 Å². The molecule has 1 aromatic heterocycles. The van der Waals surface area contributed by atoms with E-state index < -0.39 is 6.04 Å². The fourth-order valence-electron chi connectivity index (χ4n) is 2.67. The average Bonchev–Trinajstić information content (AvgIpc) is 3.11. The number of methoxy groups -OCH3 is 1. The topological polar surface area (TPSA) is 86.0 Å². The van der Waals surface area contributed by atoms with E-state index in [2.05, 4.69) is 15.2 Å². The molecule has 1 atom stereocenters. The van der Waals surface area contributed by atoms with Crippen LogP contribution < -0.4 is 15.2 Å². The van der Waals surface area contributed by atoms with Gasteiger partial charge in [-0.3, -0.25) is 5.10 Å². The van der Waals surface area contributed by atoms with Crippen molar-refractivity contribution in [1.29, 1.82) is 0 Å². The van der Waals surface area contributed by atoms with Crippen molar-refractivity contribution in [2.45, 2.75) is 19.9 Å². The van der Waals surface area contributed by atoms with Crippen LogP contribution in [0.15, 0.2) is 42.5 Å². The highest BCUT2D eigenvalue weighted by Gasteiger charge is 2.17. The summed E-state index contributed by atoms with van der Waals surface area (Å²) in [5.74, 6) is 2.58. The third-order valence-corrected chi connectivity index (χ3v) is 4.03. The van der Waals surface area contributed by atoms with Crippen LogP contribution in [-0.2, 0) is 0 Å². The molecule has 0 saturated heterocycles. The Hall–Kier alpha value is -2.86. The first-order valence-electron chi connectivity index (χ1n) is 8.18. The van der Waals surface area contributed by atoms with Crippen molar-refractivity contribution < 1.29 is 9.47 Å². The third kappa shape index (κ3) is 3.49. The summed E-state index contributed by atoms with van der Waals surface area (Å²) in [6, 6.07) is 13.2. The monoisotopic (exact) mass is 338 g/mol. The zero-order valence-electron chi connectivity index (χ0n) is 14.6. The van der Waals surface area contributed by atoms with E-state index in [1.165, 1.54) is 0 Å². The lowest BCUT2D eigenvalue weighted by Gasteiger charge is -2.14. The zero-order chi connectivity index (χ0) is 17.8. The molecule has 0 bridgehead atoms. The van der Waals surface area contributed by atoms with Gasteiger partial charge in [0, 0.05) is 5.56 Å². The molecule has 3 aromatic rings. The molecule has 0 fully saturated rings. The number of benzene rings is 2. The van der Waals surface area contributed by atoms with Crippen LogP contribution in [0.1, 0.15) is 29.9 Å². The molecule has 3 rings (SSSR count). The van der Waals surface area contributed by atoms with Crippen LogP contribution in [0.2, 0.25) is 0 Å². The molecule has 0 amide bonds. The second-order valence-corrected chi connectivity index (χ2v) is 5.68. The van der Waals surface area contributed by atoms with Crippen LogP contribution in [0.25, 0.3) is 11.4 Å². The van der Waals surface area contributed by atoms with E-state index in [-0.39, 0.29) is 0 Å². The van der Waals surface area contributed by atoms with Gasteiger partial charge in [-0.05, 0) is 37.1 Å². The number of aryl methyl sites for hydroxylation is 1. The maximum Gasteiger partial charge on any atom is 0.181 e. The number of ether oxygens (including phenoxy) is 2. The van der Waals surface area contributed by atoms with E-state index in [1.807, 2.05) is 56.3 Å². The molecule has 1 heterocycles. The predicted molar refractivity (Wildman–Crippen MR) is 96.7 cm³/mol. The van der Waals surface area contributed by atoms with Crippen LogP contribution in [0.4, 0.5) is 0 Å². The highest BCUT2D eigenvalue weighted by Crippen LogP contribution is 2.31. The predicted octanol–water partition coefficient (Wildman–Crippen LogP) is 3.24. The SMILES string of the molecule is CCOc1cc([C@@H](N)c2nc(-c3ccccc3C)n[nH]2)ccc1OC. The Morgan fingerprint density at radius 3 is 2.68 bits per heavy atom. The number of nitrogens with one attached hydrogen (secondary N) is 1. The largest absolute Gasteiger partial charge is 0.493 e. The Morgan fingerprint density at radius 1 is 1.16 bits per heavy atom. The number of nitrogens with two attached hydrogens (primary N) is 1. The summed E-state index contributed by atoms with van der Waals surface area (Å²) in [4.78, 5) is 4.57. The molecule has 0 aliphatic carbocycles. The van der Waals surface area contributed by atoms with Gasteiger partial charge in [0.1, 0.15) is 5.82 Å². The molecule has 0 aliphatic rings. The van der Waals surface area contributed by atoms with Crippen molar-refractivity contribution in [1.82, 2.24) is 15.2 Å². The summed E-state index contributed by atoms with van der Waals surface area (Å²) in [6.45, 7) is 4.51. The van der Waals surface area contributed by atoms with E-state index in [0.29, 0.717) is 29.8 Å². The lowest BCUT2D eigenvalue weighted by molar-refractivity contribution is 0.310. The lowest BCUT2D eigenvalue weighted by atomic mass is 10.1. The second kappa shape index (κ2) is 7.36. The van der Waals surface area contributed by atoms with Gasteiger partial charge in [0.25, 0.3) is 0 Å². The first kappa shape index (κ1) is 17.0. The van der Waals surface area contributed by atoms with Crippen molar-refractivity contribution in [3.8, 4) is 22.9 Å². The van der Waals surface area contributed by atoms with Crippen LogP contribution in [0.5, 0.6) is 11.5 Å². The fourth-order valence-corrected chi connectivity index (χ4v) is 2.67. The Labute approximate surface area is 147 Å². The molecule has 0 spiro atoms. The smallest absolute Gasteiger partial charge is 0.181 e. The zero-order valence-corrected chi connectivity index (χ0v) is 14.6. The van der Waals surface area contributed by atoms with Crippen molar-refractivity contribution in [3.63, 3.8) is 0 Å². The van der Waals surface area contributed by atoms with Gasteiger partial charge >= 0.3 is 0 Å². The fraction of sp³-hybridized carbons (Fsp3) is 0.263. The molecule has 2 aromatic carbocycles. The maximum absolute atomic E-state index is 6.37. The number of H-pyrrole nitrogens is 1. The van der Waals surface area contributed by atoms with Crippen LogP contribution in [0, 0.1) is 6.92 Å². The van der Waals surface area contributed by atoms with Gasteiger partial charge in [0.2, 0.25) is 0 Å². The third-order valence-electron chi connectivity index (χ3n) is 4.03. The lowest BCUT2D eigenvalue weighted by Crippen LogP contribution is -2.14. The first-order valence-corrected chi connectivity index (χ1v) is 8.18. The van der Waals surface area contributed by atoms with Gasteiger partial charge in [-0.1, -0.05) is 30.3 Å². The quantitative estimate of drug-likeness (QED) is 0.720. The Balaban J connectivity index is 1.90. The number of nitrogens with zero attached hydrogens (tertiary/aromatic N) is 2. The maximum atomic E-state index is 6.37. The van der Waals surface area contributed by atoms with Gasteiger partial charge < -0.3 is 15.2 Å².